The minimum Gasteiger partial charge on any atom is -0.323 e. The van der Waals surface area contributed by atoms with Gasteiger partial charge < -0.3 is 11.1 Å². The summed E-state index contributed by atoms with van der Waals surface area (Å²) < 4.78 is 1.32. The number of rotatable bonds is 4. The number of fused-ring (bicyclic) bond motifs is 1. The van der Waals surface area contributed by atoms with E-state index in [0.29, 0.717) is 6.04 Å². The molecule has 0 spiro atoms. The molecule has 0 fully saturated rings. The molecule has 86 valence electrons. The molecule has 0 saturated carbocycles. The largest absolute Gasteiger partial charge is 0.323 e. The van der Waals surface area contributed by atoms with Crippen LogP contribution in [0.15, 0.2) is 29.6 Å². The molecule has 16 heavy (non-hydrogen) atoms. The van der Waals surface area contributed by atoms with Crippen LogP contribution < -0.4 is 11.1 Å². The number of hydrogen-bond acceptors (Lipinski definition) is 3. The van der Waals surface area contributed by atoms with Crippen molar-refractivity contribution in [1.29, 1.82) is 0 Å². The summed E-state index contributed by atoms with van der Waals surface area (Å²) in [5.74, 6) is 0. The molecule has 0 amide bonds. The predicted molar refractivity (Wildman–Crippen MR) is 71.9 cm³/mol. The van der Waals surface area contributed by atoms with E-state index in [1.54, 1.807) is 11.3 Å². The van der Waals surface area contributed by atoms with Gasteiger partial charge in [-0.15, -0.1) is 11.3 Å². The van der Waals surface area contributed by atoms with E-state index in [4.69, 9.17) is 5.73 Å². The predicted octanol–water partition coefficient (Wildman–Crippen LogP) is 2.90. The molecule has 1 heterocycles. The summed E-state index contributed by atoms with van der Waals surface area (Å²) in [4.78, 5) is 0. The first-order valence-corrected chi connectivity index (χ1v) is 6.51. The lowest BCUT2D eigenvalue weighted by Crippen LogP contribution is -2.31. The first kappa shape index (κ1) is 11.6. The Morgan fingerprint density at radius 1 is 1.31 bits per heavy atom. The molecule has 1 aromatic heterocycles. The van der Waals surface area contributed by atoms with E-state index in [0.717, 1.165) is 6.54 Å². The van der Waals surface area contributed by atoms with E-state index in [2.05, 4.69) is 48.8 Å². The van der Waals surface area contributed by atoms with Crippen LogP contribution in [0, 0.1) is 0 Å². The van der Waals surface area contributed by atoms with Crippen molar-refractivity contribution in [2.45, 2.75) is 25.9 Å². The first-order chi connectivity index (χ1) is 7.68. The van der Waals surface area contributed by atoms with Crippen molar-refractivity contribution in [3.63, 3.8) is 0 Å². The fourth-order valence-electron chi connectivity index (χ4n) is 1.76. The molecule has 0 aliphatic heterocycles. The number of hydrogen-bond donors (Lipinski definition) is 2. The highest BCUT2D eigenvalue weighted by molar-refractivity contribution is 7.17. The smallest absolute Gasteiger partial charge is 0.0436 e. The summed E-state index contributed by atoms with van der Waals surface area (Å²) in [6.45, 7) is 5.11. The van der Waals surface area contributed by atoms with Gasteiger partial charge in [0.05, 0.1) is 0 Å². The Labute approximate surface area is 100 Å². The third-order valence-electron chi connectivity index (χ3n) is 2.66. The summed E-state index contributed by atoms with van der Waals surface area (Å²) in [5, 5.41) is 6.85. The van der Waals surface area contributed by atoms with Gasteiger partial charge >= 0.3 is 0 Å². The average molecular weight is 234 g/mol. The second kappa shape index (κ2) is 4.95. The summed E-state index contributed by atoms with van der Waals surface area (Å²) in [5.41, 5.74) is 7.46. The van der Waals surface area contributed by atoms with Crippen LogP contribution in [0.5, 0.6) is 0 Å². The van der Waals surface area contributed by atoms with Crippen molar-refractivity contribution in [3.8, 4) is 0 Å². The van der Waals surface area contributed by atoms with Crippen molar-refractivity contribution < 1.29 is 0 Å². The zero-order valence-corrected chi connectivity index (χ0v) is 10.6. The van der Waals surface area contributed by atoms with Crippen LogP contribution in [-0.2, 0) is 0 Å². The SMILES string of the molecule is CC(C)NCC(N)c1csc2ccccc12. The Bertz CT molecular complexity index is 462. The number of nitrogens with one attached hydrogen (secondary N) is 1. The van der Waals surface area contributed by atoms with Crippen molar-refractivity contribution in [2.75, 3.05) is 6.54 Å². The highest BCUT2D eigenvalue weighted by Gasteiger charge is 2.11. The molecule has 3 heteroatoms. The molecule has 2 aromatic rings. The maximum atomic E-state index is 6.20. The molecule has 2 nitrogen and oxygen atoms in total. The van der Waals surface area contributed by atoms with Gasteiger partial charge in [-0.1, -0.05) is 32.0 Å². The van der Waals surface area contributed by atoms with Crippen molar-refractivity contribution >= 4 is 21.4 Å². The lowest BCUT2D eigenvalue weighted by molar-refractivity contribution is 0.540. The second-order valence-corrected chi connectivity index (χ2v) is 5.27. The van der Waals surface area contributed by atoms with E-state index < -0.39 is 0 Å². The summed E-state index contributed by atoms with van der Waals surface area (Å²) >= 11 is 1.77. The monoisotopic (exact) mass is 234 g/mol. The van der Waals surface area contributed by atoms with E-state index in [1.165, 1.54) is 15.6 Å². The summed E-state index contributed by atoms with van der Waals surface area (Å²) in [6, 6.07) is 9.00. The number of benzene rings is 1. The maximum Gasteiger partial charge on any atom is 0.0436 e. The fourth-order valence-corrected chi connectivity index (χ4v) is 2.78. The fraction of sp³-hybridized carbons (Fsp3) is 0.385. The van der Waals surface area contributed by atoms with Crippen molar-refractivity contribution in [3.05, 3.63) is 35.2 Å². The molecule has 0 aliphatic carbocycles. The Morgan fingerprint density at radius 2 is 2.06 bits per heavy atom. The van der Waals surface area contributed by atoms with E-state index in [1.807, 2.05) is 0 Å². The molecule has 1 aromatic carbocycles. The van der Waals surface area contributed by atoms with Gasteiger partial charge in [0.25, 0.3) is 0 Å². The average Bonchev–Trinajstić information content (AvgIpc) is 2.69. The van der Waals surface area contributed by atoms with Crippen molar-refractivity contribution in [2.24, 2.45) is 5.73 Å². The van der Waals surface area contributed by atoms with Crippen LogP contribution in [0.25, 0.3) is 10.1 Å². The highest BCUT2D eigenvalue weighted by atomic mass is 32.1. The molecular formula is C13H18N2S. The van der Waals surface area contributed by atoms with Gasteiger partial charge in [-0.2, -0.15) is 0 Å². The highest BCUT2D eigenvalue weighted by Crippen LogP contribution is 2.28. The molecule has 0 aliphatic rings. The van der Waals surface area contributed by atoms with E-state index >= 15 is 0 Å². The van der Waals surface area contributed by atoms with Gasteiger partial charge in [-0.3, -0.25) is 0 Å². The summed E-state index contributed by atoms with van der Waals surface area (Å²) in [7, 11) is 0. The third-order valence-corrected chi connectivity index (χ3v) is 3.64. The van der Waals surface area contributed by atoms with Gasteiger partial charge in [0.1, 0.15) is 0 Å². The molecule has 0 bridgehead atoms. The van der Waals surface area contributed by atoms with Crippen molar-refractivity contribution in [1.82, 2.24) is 5.32 Å². The minimum absolute atomic E-state index is 0.0820. The van der Waals surface area contributed by atoms with Gasteiger partial charge in [0, 0.05) is 23.3 Å². The molecule has 0 radical (unpaired) electrons. The Morgan fingerprint density at radius 3 is 2.81 bits per heavy atom. The Balaban J connectivity index is 2.19. The lowest BCUT2D eigenvalue weighted by atomic mass is 10.1. The van der Waals surface area contributed by atoms with Gasteiger partial charge in [-0.05, 0) is 22.4 Å². The third kappa shape index (κ3) is 2.43. The van der Waals surface area contributed by atoms with Crippen LogP contribution in [0.2, 0.25) is 0 Å². The topological polar surface area (TPSA) is 38.0 Å². The van der Waals surface area contributed by atoms with Crippen LogP contribution in [0.4, 0.5) is 0 Å². The van der Waals surface area contributed by atoms with Gasteiger partial charge in [-0.25, -0.2) is 0 Å². The second-order valence-electron chi connectivity index (χ2n) is 4.36. The molecule has 1 atom stereocenters. The van der Waals surface area contributed by atoms with Crippen LogP contribution >= 0.6 is 11.3 Å². The standard InChI is InChI=1S/C13H18N2S/c1-9(2)15-7-12(14)11-8-16-13-6-4-3-5-10(11)13/h3-6,8-9,12,15H,7,14H2,1-2H3. The number of nitrogens with two attached hydrogens (primary N) is 1. The first-order valence-electron chi connectivity index (χ1n) is 5.63. The maximum absolute atomic E-state index is 6.20. The molecule has 0 saturated heterocycles. The lowest BCUT2D eigenvalue weighted by Gasteiger charge is -2.14. The Kier molecular flexibility index (Phi) is 3.59. The zero-order valence-electron chi connectivity index (χ0n) is 9.73. The Hall–Kier alpha value is -0.900. The molecule has 2 rings (SSSR count). The van der Waals surface area contributed by atoms with E-state index in [-0.39, 0.29) is 6.04 Å². The summed E-state index contributed by atoms with van der Waals surface area (Å²) in [6.07, 6.45) is 0. The van der Waals surface area contributed by atoms with Crippen LogP contribution in [0.1, 0.15) is 25.5 Å². The number of thiophene rings is 1. The van der Waals surface area contributed by atoms with Gasteiger partial charge in [0.15, 0.2) is 0 Å². The molecular weight excluding hydrogens is 216 g/mol. The normalized spacial score (nSPS) is 13.5. The van der Waals surface area contributed by atoms with Crippen LogP contribution in [0.3, 0.4) is 0 Å². The van der Waals surface area contributed by atoms with Gasteiger partial charge in [0.2, 0.25) is 0 Å². The van der Waals surface area contributed by atoms with Crippen LogP contribution in [-0.4, -0.2) is 12.6 Å². The van der Waals surface area contributed by atoms with E-state index in [9.17, 15) is 0 Å². The molecule has 3 N–H and O–H groups in total. The molecule has 1 unspecified atom stereocenters. The quantitative estimate of drug-likeness (QED) is 0.853. The minimum atomic E-state index is 0.0820. The zero-order chi connectivity index (χ0) is 11.5.